The van der Waals surface area contributed by atoms with Gasteiger partial charge in [0, 0.05) is 21.9 Å². The highest BCUT2D eigenvalue weighted by molar-refractivity contribution is 5.88. The van der Waals surface area contributed by atoms with Gasteiger partial charge in [-0.1, -0.05) is 74.5 Å². The van der Waals surface area contributed by atoms with Crippen LogP contribution in [0.2, 0.25) is 0 Å². The number of fused-ring (bicyclic) bond motifs is 1. The highest BCUT2D eigenvalue weighted by atomic mass is 16.7. The minimum absolute atomic E-state index is 0.0240. The maximum Gasteiger partial charge on any atom is 0.203 e. The van der Waals surface area contributed by atoms with E-state index in [1.807, 2.05) is 91.0 Å². The Morgan fingerprint density at radius 3 is 1.93 bits per heavy atom. The van der Waals surface area contributed by atoms with Crippen molar-refractivity contribution < 1.29 is 32.8 Å². The molecule has 1 aromatic heterocycles. The Balaban J connectivity index is 1.36. The van der Waals surface area contributed by atoms with Crippen LogP contribution in [0.1, 0.15) is 36.8 Å². The molecule has 0 unspecified atom stereocenters. The molecular weight excluding hydrogens is 544 g/mol. The molecule has 7 heteroatoms. The van der Waals surface area contributed by atoms with Crippen LogP contribution in [-0.2, 0) is 22.7 Å². The molecular formula is C36H36O7. The molecule has 1 aliphatic heterocycles. The zero-order valence-corrected chi connectivity index (χ0v) is 24.9. The molecule has 0 amide bonds. The Kier molecular flexibility index (Phi) is 8.27. The standard InChI is InChI=1S/C36H36O7/c1-36(2)22-41-35(42-23-36)28-15-27-18-29(43-33(27)30(19-28)37-3)26-16-31(38-4)34(40-21-25-13-9-6-10-14-25)32(17-26)39-20-24-11-7-5-8-12-24/h5-19,35H,20-23H2,1-4H3. The molecule has 2 heterocycles. The first-order chi connectivity index (χ1) is 20.9. The van der Waals surface area contributed by atoms with E-state index < -0.39 is 6.29 Å². The Hall–Kier alpha value is -4.46. The minimum Gasteiger partial charge on any atom is -0.493 e. The first-order valence-electron chi connectivity index (χ1n) is 14.3. The van der Waals surface area contributed by atoms with Crippen LogP contribution in [0.4, 0.5) is 0 Å². The monoisotopic (exact) mass is 580 g/mol. The van der Waals surface area contributed by atoms with E-state index >= 15 is 0 Å². The van der Waals surface area contributed by atoms with E-state index in [9.17, 15) is 0 Å². The molecule has 1 saturated heterocycles. The van der Waals surface area contributed by atoms with E-state index in [0.717, 1.165) is 27.6 Å². The molecule has 1 aliphatic rings. The molecule has 5 aromatic rings. The number of hydrogen-bond acceptors (Lipinski definition) is 7. The smallest absolute Gasteiger partial charge is 0.203 e. The van der Waals surface area contributed by atoms with Gasteiger partial charge in [0.25, 0.3) is 0 Å². The van der Waals surface area contributed by atoms with Gasteiger partial charge in [0.15, 0.2) is 29.1 Å². The average Bonchev–Trinajstić information content (AvgIpc) is 3.47. The zero-order valence-electron chi connectivity index (χ0n) is 24.9. The van der Waals surface area contributed by atoms with Crippen LogP contribution in [0.5, 0.6) is 23.0 Å². The van der Waals surface area contributed by atoms with Crippen molar-refractivity contribution >= 4 is 11.0 Å². The second-order valence-corrected chi connectivity index (χ2v) is 11.4. The van der Waals surface area contributed by atoms with Gasteiger partial charge in [-0.25, -0.2) is 0 Å². The largest absolute Gasteiger partial charge is 0.493 e. The van der Waals surface area contributed by atoms with E-state index in [4.69, 9.17) is 32.8 Å². The number of furan rings is 1. The Morgan fingerprint density at radius 1 is 0.698 bits per heavy atom. The van der Waals surface area contributed by atoms with Gasteiger partial charge in [0.05, 0.1) is 27.4 Å². The lowest BCUT2D eigenvalue weighted by atomic mass is 9.95. The van der Waals surface area contributed by atoms with Gasteiger partial charge >= 0.3 is 0 Å². The third-order valence-corrected chi connectivity index (χ3v) is 7.34. The summed E-state index contributed by atoms with van der Waals surface area (Å²) in [5, 5.41) is 0.872. The van der Waals surface area contributed by atoms with Crippen LogP contribution < -0.4 is 18.9 Å². The SMILES string of the molecule is COc1cc(-c2cc3cc(C4OCC(C)(C)CO4)cc(OC)c3o2)cc(OCc2ccccc2)c1OCc1ccccc1. The van der Waals surface area contributed by atoms with Gasteiger partial charge in [0.2, 0.25) is 5.75 Å². The number of benzene rings is 4. The van der Waals surface area contributed by atoms with E-state index in [0.29, 0.717) is 60.8 Å². The number of methoxy groups -OCH3 is 2. The first-order valence-corrected chi connectivity index (χ1v) is 14.3. The summed E-state index contributed by atoms with van der Waals surface area (Å²) >= 11 is 0. The Labute approximate surface area is 251 Å². The van der Waals surface area contributed by atoms with Crippen LogP contribution in [0.3, 0.4) is 0 Å². The molecule has 0 atom stereocenters. The van der Waals surface area contributed by atoms with Gasteiger partial charge in [-0.3, -0.25) is 0 Å². The molecule has 6 rings (SSSR count). The molecule has 0 radical (unpaired) electrons. The fraction of sp³-hybridized carbons (Fsp3) is 0.278. The molecule has 0 bridgehead atoms. The summed E-state index contributed by atoms with van der Waals surface area (Å²) < 4.78 is 42.6. The predicted octanol–water partition coefficient (Wildman–Crippen LogP) is 8.35. The summed E-state index contributed by atoms with van der Waals surface area (Å²) in [5.41, 5.74) is 4.34. The van der Waals surface area contributed by atoms with Crippen molar-refractivity contribution in [3.63, 3.8) is 0 Å². The van der Waals surface area contributed by atoms with Crippen molar-refractivity contribution in [1.29, 1.82) is 0 Å². The molecule has 0 saturated carbocycles. The average molecular weight is 581 g/mol. The van der Waals surface area contributed by atoms with Crippen LogP contribution in [0, 0.1) is 5.41 Å². The van der Waals surface area contributed by atoms with E-state index in [1.165, 1.54) is 0 Å². The second kappa shape index (κ2) is 12.4. The van der Waals surface area contributed by atoms with Gasteiger partial charge in [-0.15, -0.1) is 0 Å². The van der Waals surface area contributed by atoms with Gasteiger partial charge < -0.3 is 32.8 Å². The molecule has 0 aliphatic carbocycles. The number of ether oxygens (including phenoxy) is 6. The highest BCUT2D eigenvalue weighted by Crippen LogP contribution is 2.45. The fourth-order valence-electron chi connectivity index (χ4n) is 5.04. The van der Waals surface area contributed by atoms with Crippen molar-refractivity contribution in [3.8, 4) is 34.3 Å². The van der Waals surface area contributed by atoms with E-state index in [1.54, 1.807) is 14.2 Å². The van der Waals surface area contributed by atoms with E-state index in [2.05, 4.69) is 13.8 Å². The zero-order chi connectivity index (χ0) is 29.8. The summed E-state index contributed by atoms with van der Waals surface area (Å²) in [5.74, 6) is 2.85. The third-order valence-electron chi connectivity index (χ3n) is 7.34. The van der Waals surface area contributed by atoms with Gasteiger partial charge in [0.1, 0.15) is 19.0 Å². The van der Waals surface area contributed by atoms with Crippen LogP contribution in [-0.4, -0.2) is 27.4 Å². The maximum atomic E-state index is 6.38. The lowest BCUT2D eigenvalue weighted by Gasteiger charge is -2.34. The second-order valence-electron chi connectivity index (χ2n) is 11.4. The Bertz CT molecular complexity index is 1670. The van der Waals surface area contributed by atoms with E-state index in [-0.39, 0.29) is 5.41 Å². The van der Waals surface area contributed by atoms with Crippen molar-refractivity contribution in [2.24, 2.45) is 5.41 Å². The maximum absolute atomic E-state index is 6.38. The predicted molar refractivity (Wildman–Crippen MR) is 165 cm³/mol. The van der Waals surface area contributed by atoms with Gasteiger partial charge in [-0.2, -0.15) is 0 Å². The molecule has 0 N–H and O–H groups in total. The molecule has 7 nitrogen and oxygen atoms in total. The van der Waals surface area contributed by atoms with Crippen LogP contribution in [0.25, 0.3) is 22.3 Å². The van der Waals surface area contributed by atoms with Crippen molar-refractivity contribution in [2.45, 2.75) is 33.4 Å². The summed E-state index contributed by atoms with van der Waals surface area (Å²) in [7, 11) is 3.25. The molecule has 4 aromatic carbocycles. The lowest BCUT2D eigenvalue weighted by Crippen LogP contribution is -2.33. The molecule has 1 fully saturated rings. The summed E-state index contributed by atoms with van der Waals surface area (Å²) in [4.78, 5) is 0. The van der Waals surface area contributed by atoms with Crippen molar-refractivity contribution in [3.05, 3.63) is 108 Å². The number of hydrogen-bond donors (Lipinski definition) is 0. The number of rotatable bonds is 10. The van der Waals surface area contributed by atoms with Crippen molar-refractivity contribution in [1.82, 2.24) is 0 Å². The summed E-state index contributed by atoms with van der Waals surface area (Å²) in [6.45, 7) is 6.20. The molecule has 43 heavy (non-hydrogen) atoms. The topological polar surface area (TPSA) is 68.5 Å². The fourth-order valence-corrected chi connectivity index (χ4v) is 5.04. The first kappa shape index (κ1) is 28.6. The van der Waals surface area contributed by atoms with Crippen LogP contribution in [0.15, 0.2) is 95.4 Å². The minimum atomic E-state index is -0.469. The lowest BCUT2D eigenvalue weighted by molar-refractivity contribution is -0.226. The quantitative estimate of drug-likeness (QED) is 0.164. The van der Waals surface area contributed by atoms with Gasteiger partial charge in [-0.05, 0) is 41.5 Å². The normalized spacial score (nSPS) is 14.9. The van der Waals surface area contributed by atoms with Crippen LogP contribution >= 0.6 is 0 Å². The summed E-state index contributed by atoms with van der Waals surface area (Å²) in [6, 6.07) is 29.7. The summed E-state index contributed by atoms with van der Waals surface area (Å²) in [6.07, 6.45) is -0.469. The molecule has 0 spiro atoms. The van der Waals surface area contributed by atoms with Crippen molar-refractivity contribution in [2.75, 3.05) is 27.4 Å². The Morgan fingerprint density at radius 2 is 1.30 bits per heavy atom. The highest BCUT2D eigenvalue weighted by Gasteiger charge is 2.30. The molecule has 222 valence electrons. The third kappa shape index (κ3) is 6.48.